The third-order valence-corrected chi connectivity index (χ3v) is 7.90. The first-order valence-corrected chi connectivity index (χ1v) is 11.3. The van der Waals surface area contributed by atoms with E-state index in [4.69, 9.17) is 9.47 Å². The maximum Gasteiger partial charge on any atom is 0.248 e. The molecule has 0 aromatic heterocycles. The fourth-order valence-corrected chi connectivity index (χ4v) is 7.40. The molecule has 3 aliphatic heterocycles. The fraction of sp³-hybridized carbons (Fsp3) is 0.529. The minimum Gasteiger partial charge on any atom is -0.454 e. The second kappa shape index (κ2) is 6.77. The van der Waals surface area contributed by atoms with Crippen molar-refractivity contribution in [3.05, 3.63) is 23.8 Å². The largest absolute Gasteiger partial charge is 0.454 e. The molecule has 2 fully saturated rings. The monoisotopic (exact) mass is 396 g/mol. The Morgan fingerprint density at radius 1 is 1.31 bits per heavy atom. The van der Waals surface area contributed by atoms with E-state index in [1.54, 1.807) is 0 Å². The molecule has 7 nitrogen and oxygen atoms in total. The number of carbonyl (C=O) groups is 1. The number of aliphatic imine (C=N–C) groups is 1. The number of hydrogen-bond acceptors (Lipinski definition) is 6. The molecule has 4 rings (SSSR count). The molecule has 3 heterocycles. The van der Waals surface area contributed by atoms with Gasteiger partial charge in [0.25, 0.3) is 0 Å². The molecule has 3 aliphatic rings. The number of thioether (sulfide) groups is 1. The number of benzene rings is 1. The molecule has 2 saturated heterocycles. The minimum atomic E-state index is -3.05. The molecule has 0 radical (unpaired) electrons. The molecule has 1 amide bonds. The number of amidine groups is 1. The van der Waals surface area contributed by atoms with Gasteiger partial charge in [-0.3, -0.25) is 4.79 Å². The molecule has 26 heavy (non-hydrogen) atoms. The Bertz CT molecular complexity index is 868. The Morgan fingerprint density at radius 3 is 2.92 bits per heavy atom. The first-order valence-electron chi connectivity index (χ1n) is 8.59. The Balaban J connectivity index is 1.61. The lowest BCUT2D eigenvalue weighted by Crippen LogP contribution is -2.37. The van der Waals surface area contributed by atoms with Gasteiger partial charge in [-0.15, -0.1) is 0 Å². The van der Waals surface area contributed by atoms with Gasteiger partial charge in [0.1, 0.15) is 0 Å². The summed E-state index contributed by atoms with van der Waals surface area (Å²) >= 11 is 1.41. The number of fused-ring (bicyclic) bond motifs is 2. The summed E-state index contributed by atoms with van der Waals surface area (Å²) < 4.78 is 34.8. The fourth-order valence-electron chi connectivity index (χ4n) is 3.43. The Morgan fingerprint density at radius 2 is 2.12 bits per heavy atom. The van der Waals surface area contributed by atoms with Crippen LogP contribution in [0.15, 0.2) is 23.2 Å². The van der Waals surface area contributed by atoms with E-state index in [2.05, 4.69) is 4.99 Å². The second-order valence-corrected chi connectivity index (χ2v) is 10.0. The van der Waals surface area contributed by atoms with Gasteiger partial charge in [-0.2, -0.15) is 4.99 Å². The number of nitrogens with zero attached hydrogens (tertiary/aromatic N) is 2. The van der Waals surface area contributed by atoms with Gasteiger partial charge in [0.05, 0.1) is 17.5 Å². The maximum atomic E-state index is 12.0. The molecular weight excluding hydrogens is 376 g/mol. The van der Waals surface area contributed by atoms with Crippen molar-refractivity contribution >= 4 is 32.7 Å². The van der Waals surface area contributed by atoms with Crippen molar-refractivity contribution in [3.63, 3.8) is 0 Å². The quantitative estimate of drug-likeness (QED) is 0.767. The van der Waals surface area contributed by atoms with Crippen molar-refractivity contribution < 1.29 is 22.7 Å². The summed E-state index contributed by atoms with van der Waals surface area (Å²) in [5.74, 6) is 1.48. The van der Waals surface area contributed by atoms with Gasteiger partial charge in [0.15, 0.2) is 26.5 Å². The average Bonchev–Trinajstić information content (AvgIpc) is 3.22. The summed E-state index contributed by atoms with van der Waals surface area (Å²) in [5, 5.41) is 0.563. The van der Waals surface area contributed by atoms with E-state index < -0.39 is 9.84 Å². The average molecular weight is 396 g/mol. The van der Waals surface area contributed by atoms with Crippen LogP contribution in [0.3, 0.4) is 0 Å². The van der Waals surface area contributed by atoms with Crippen molar-refractivity contribution in [2.75, 3.05) is 18.3 Å². The minimum absolute atomic E-state index is 0.0674. The van der Waals surface area contributed by atoms with Crippen LogP contribution in [0.1, 0.15) is 25.3 Å². The number of carbonyl (C=O) groups excluding carboxylic acids is 1. The van der Waals surface area contributed by atoms with Gasteiger partial charge in [-0.05, 0) is 24.1 Å². The Kier molecular flexibility index (Phi) is 4.60. The molecule has 2 atom stereocenters. The first-order chi connectivity index (χ1) is 12.4. The summed E-state index contributed by atoms with van der Waals surface area (Å²) in [6, 6.07) is 5.53. The zero-order valence-electron chi connectivity index (χ0n) is 14.4. The molecule has 0 unspecified atom stereocenters. The molecule has 0 bridgehead atoms. The smallest absolute Gasteiger partial charge is 0.248 e. The molecule has 1 aromatic rings. The highest BCUT2D eigenvalue weighted by Crippen LogP contribution is 2.40. The standard InChI is InChI=1S/C17H20N2O5S2/c1-2-3-16(20)18-17-19(12-8-26(21,22)9-15(12)25-17)7-11-4-5-13-14(6-11)24-10-23-13/h4-6,12,15H,2-3,7-10H2,1H3/t12-,15-/m1/s1. The molecule has 1 aromatic carbocycles. The van der Waals surface area contributed by atoms with Crippen molar-refractivity contribution in [1.29, 1.82) is 0 Å². The number of rotatable bonds is 4. The molecular formula is C17H20N2O5S2. The van der Waals surface area contributed by atoms with Gasteiger partial charge in [0.2, 0.25) is 12.7 Å². The highest BCUT2D eigenvalue weighted by atomic mass is 32.2. The summed E-state index contributed by atoms with van der Waals surface area (Å²) in [5.41, 5.74) is 0.968. The van der Waals surface area contributed by atoms with Gasteiger partial charge in [-0.1, -0.05) is 24.8 Å². The van der Waals surface area contributed by atoms with E-state index in [0.717, 1.165) is 12.0 Å². The van der Waals surface area contributed by atoms with Gasteiger partial charge in [0, 0.05) is 18.2 Å². The van der Waals surface area contributed by atoms with E-state index in [-0.39, 0.29) is 35.5 Å². The Labute approximate surface area is 156 Å². The van der Waals surface area contributed by atoms with Gasteiger partial charge in [-0.25, -0.2) is 8.42 Å². The molecule has 140 valence electrons. The van der Waals surface area contributed by atoms with E-state index in [0.29, 0.717) is 29.6 Å². The number of sulfone groups is 1. The normalized spacial score (nSPS) is 27.1. The molecule has 0 aliphatic carbocycles. The van der Waals surface area contributed by atoms with Crippen molar-refractivity contribution in [2.45, 2.75) is 37.6 Å². The highest BCUT2D eigenvalue weighted by molar-refractivity contribution is 8.15. The van der Waals surface area contributed by atoms with Crippen LogP contribution in [0.4, 0.5) is 0 Å². The highest BCUT2D eigenvalue weighted by Gasteiger charge is 2.48. The first kappa shape index (κ1) is 17.7. The van der Waals surface area contributed by atoms with Crippen molar-refractivity contribution in [1.82, 2.24) is 4.90 Å². The maximum absolute atomic E-state index is 12.0. The molecule has 0 saturated carbocycles. The molecule has 0 N–H and O–H groups in total. The SMILES string of the molecule is CCCC(=O)N=C1S[C@@H]2CS(=O)(=O)C[C@H]2N1Cc1ccc2c(c1)OCO2. The van der Waals surface area contributed by atoms with Crippen LogP contribution in [0.25, 0.3) is 0 Å². The summed E-state index contributed by atoms with van der Waals surface area (Å²) in [6.45, 7) is 2.63. The zero-order chi connectivity index (χ0) is 18.3. The van der Waals surface area contributed by atoms with E-state index in [1.807, 2.05) is 30.0 Å². The summed E-state index contributed by atoms with van der Waals surface area (Å²) in [7, 11) is -3.05. The molecule has 9 heteroatoms. The van der Waals surface area contributed by atoms with E-state index in [1.165, 1.54) is 11.8 Å². The van der Waals surface area contributed by atoms with Crippen LogP contribution in [-0.4, -0.2) is 54.0 Å². The van der Waals surface area contributed by atoms with Crippen molar-refractivity contribution in [3.8, 4) is 11.5 Å². The van der Waals surface area contributed by atoms with Crippen LogP contribution >= 0.6 is 11.8 Å². The van der Waals surface area contributed by atoms with Crippen LogP contribution < -0.4 is 9.47 Å². The third kappa shape index (κ3) is 3.42. The predicted octanol–water partition coefficient (Wildman–Crippen LogP) is 1.81. The van der Waals surface area contributed by atoms with E-state index in [9.17, 15) is 13.2 Å². The predicted molar refractivity (Wildman–Crippen MR) is 99.3 cm³/mol. The lowest BCUT2D eigenvalue weighted by molar-refractivity contribution is -0.117. The van der Waals surface area contributed by atoms with Gasteiger partial charge >= 0.3 is 0 Å². The Hall–Kier alpha value is -1.74. The third-order valence-electron chi connectivity index (χ3n) is 4.65. The second-order valence-electron chi connectivity index (χ2n) is 6.65. The van der Waals surface area contributed by atoms with Crippen LogP contribution in [0, 0.1) is 0 Å². The summed E-state index contributed by atoms with van der Waals surface area (Å²) in [6.07, 6.45) is 1.14. The summed E-state index contributed by atoms with van der Waals surface area (Å²) in [4.78, 5) is 18.2. The van der Waals surface area contributed by atoms with Crippen LogP contribution in [0.2, 0.25) is 0 Å². The van der Waals surface area contributed by atoms with E-state index >= 15 is 0 Å². The van der Waals surface area contributed by atoms with Crippen molar-refractivity contribution in [2.24, 2.45) is 4.99 Å². The topological polar surface area (TPSA) is 85.3 Å². The van der Waals surface area contributed by atoms with Gasteiger partial charge < -0.3 is 14.4 Å². The number of amides is 1. The number of hydrogen-bond donors (Lipinski definition) is 0. The lowest BCUT2D eigenvalue weighted by atomic mass is 10.1. The van der Waals surface area contributed by atoms with Crippen LogP contribution in [0.5, 0.6) is 11.5 Å². The number of ether oxygens (including phenoxy) is 2. The molecule has 0 spiro atoms. The van der Waals surface area contributed by atoms with Crippen LogP contribution in [-0.2, 0) is 21.2 Å². The lowest BCUT2D eigenvalue weighted by Gasteiger charge is -2.24. The zero-order valence-corrected chi connectivity index (χ0v) is 16.0.